The van der Waals surface area contributed by atoms with Crippen molar-refractivity contribution in [3.05, 3.63) is 50.9 Å². The summed E-state index contributed by atoms with van der Waals surface area (Å²) in [5.74, 6) is -0.580. The molecule has 5 nitrogen and oxygen atoms in total. The lowest BCUT2D eigenvalue weighted by Gasteiger charge is -2.26. The van der Waals surface area contributed by atoms with Crippen molar-refractivity contribution >= 4 is 28.2 Å². The second-order valence-electron chi connectivity index (χ2n) is 7.06. The topological polar surface area (TPSA) is 58.6 Å². The Kier molecular flexibility index (Phi) is 5.97. The van der Waals surface area contributed by atoms with Crippen LogP contribution in [-0.4, -0.2) is 37.0 Å². The van der Waals surface area contributed by atoms with Crippen molar-refractivity contribution in [1.82, 2.24) is 4.90 Å². The lowest BCUT2D eigenvalue weighted by atomic mass is 10.0. The average molecular weight is 387 g/mol. The van der Waals surface area contributed by atoms with E-state index in [4.69, 9.17) is 4.74 Å². The van der Waals surface area contributed by atoms with E-state index in [1.807, 2.05) is 32.0 Å². The molecule has 1 amide bonds. The molecule has 0 spiro atoms. The summed E-state index contributed by atoms with van der Waals surface area (Å²) in [4.78, 5) is 28.7. The molecule has 0 fully saturated rings. The summed E-state index contributed by atoms with van der Waals surface area (Å²) in [5, 5.41) is 3.55. The Bertz CT molecular complexity index is 852. The van der Waals surface area contributed by atoms with E-state index in [1.165, 1.54) is 18.4 Å². The highest BCUT2D eigenvalue weighted by molar-refractivity contribution is 7.17. The second kappa shape index (κ2) is 8.23. The number of thiophene rings is 1. The van der Waals surface area contributed by atoms with Crippen molar-refractivity contribution in [3.63, 3.8) is 0 Å². The minimum atomic E-state index is -0.382. The van der Waals surface area contributed by atoms with Crippen LogP contribution in [0.25, 0.3) is 0 Å². The molecule has 27 heavy (non-hydrogen) atoms. The zero-order chi connectivity index (χ0) is 19.6. The van der Waals surface area contributed by atoms with Crippen LogP contribution in [0.2, 0.25) is 0 Å². The molecule has 0 bridgehead atoms. The van der Waals surface area contributed by atoms with Crippen LogP contribution in [0.15, 0.2) is 18.2 Å². The van der Waals surface area contributed by atoms with Gasteiger partial charge in [0.1, 0.15) is 5.00 Å². The maximum atomic E-state index is 12.8. The van der Waals surface area contributed by atoms with Crippen LogP contribution < -0.4 is 5.32 Å². The van der Waals surface area contributed by atoms with Crippen LogP contribution in [-0.2, 0) is 17.7 Å². The first-order valence-electron chi connectivity index (χ1n) is 9.27. The number of carbonyl (C=O) groups excluding carboxylic acids is 2. The van der Waals surface area contributed by atoms with Crippen LogP contribution in [0.3, 0.4) is 0 Å². The van der Waals surface area contributed by atoms with Crippen molar-refractivity contribution in [3.8, 4) is 0 Å². The molecule has 0 saturated heterocycles. The highest BCUT2D eigenvalue weighted by Gasteiger charge is 2.29. The highest BCUT2D eigenvalue weighted by atomic mass is 32.1. The fourth-order valence-corrected chi connectivity index (χ4v) is 4.92. The quantitative estimate of drug-likeness (QED) is 0.784. The zero-order valence-corrected chi connectivity index (χ0v) is 17.2. The summed E-state index contributed by atoms with van der Waals surface area (Å²) in [6.07, 6.45) is 1.90. The van der Waals surface area contributed by atoms with Gasteiger partial charge in [-0.1, -0.05) is 24.1 Å². The Morgan fingerprint density at radius 1 is 1.22 bits per heavy atom. The molecule has 1 aromatic carbocycles. The monoisotopic (exact) mass is 386 g/mol. The van der Waals surface area contributed by atoms with Gasteiger partial charge in [0, 0.05) is 23.5 Å². The maximum absolute atomic E-state index is 12.8. The summed E-state index contributed by atoms with van der Waals surface area (Å²) in [5.41, 5.74) is 4.21. The van der Waals surface area contributed by atoms with Crippen LogP contribution in [0.4, 0.5) is 5.00 Å². The second-order valence-corrected chi connectivity index (χ2v) is 8.16. The standard InChI is InChI=1S/C21H26N2O3S/c1-5-7-23-8-6-16-17(12-23)27-20(18(16)21(25)26-4)22-19(24)15-10-13(2)9-14(3)11-15/h9-11H,5-8,12H2,1-4H3,(H,22,24). The molecule has 144 valence electrons. The summed E-state index contributed by atoms with van der Waals surface area (Å²) in [6, 6.07) is 5.75. The SMILES string of the molecule is CCCN1CCc2c(sc(NC(=O)c3cc(C)cc(C)c3)c2C(=O)OC)C1. The molecular formula is C21H26N2O3S. The molecule has 0 radical (unpaired) electrons. The van der Waals surface area contributed by atoms with Gasteiger partial charge in [-0.25, -0.2) is 4.79 Å². The third kappa shape index (κ3) is 4.22. The van der Waals surface area contributed by atoms with Gasteiger partial charge >= 0.3 is 5.97 Å². The number of nitrogens with one attached hydrogen (secondary N) is 1. The molecule has 1 aliphatic heterocycles. The summed E-state index contributed by atoms with van der Waals surface area (Å²) in [6.45, 7) is 8.88. The van der Waals surface area contributed by atoms with Crippen molar-refractivity contribution in [2.45, 2.75) is 40.2 Å². The van der Waals surface area contributed by atoms with Gasteiger partial charge in [0.25, 0.3) is 5.91 Å². The first-order valence-corrected chi connectivity index (χ1v) is 10.1. The Hall–Kier alpha value is -2.18. The number of benzene rings is 1. The molecule has 1 N–H and O–H groups in total. The molecule has 2 aromatic rings. The summed E-state index contributed by atoms with van der Waals surface area (Å²) < 4.78 is 5.00. The van der Waals surface area contributed by atoms with E-state index < -0.39 is 0 Å². The van der Waals surface area contributed by atoms with Crippen molar-refractivity contribution in [2.24, 2.45) is 0 Å². The molecule has 2 heterocycles. The molecule has 1 aromatic heterocycles. The van der Waals surface area contributed by atoms with Crippen molar-refractivity contribution in [1.29, 1.82) is 0 Å². The lowest BCUT2D eigenvalue weighted by Crippen LogP contribution is -2.30. The first-order chi connectivity index (χ1) is 12.9. The van der Waals surface area contributed by atoms with Gasteiger partial charge in [-0.2, -0.15) is 0 Å². The van der Waals surface area contributed by atoms with E-state index in [-0.39, 0.29) is 11.9 Å². The Labute approximate surface area is 164 Å². The number of esters is 1. The molecule has 6 heteroatoms. The van der Waals surface area contributed by atoms with Gasteiger partial charge in [-0.05, 0) is 50.9 Å². The predicted octanol–water partition coefficient (Wildman–Crippen LogP) is 4.17. The lowest BCUT2D eigenvalue weighted by molar-refractivity contribution is 0.0600. The number of ether oxygens (including phenoxy) is 1. The summed E-state index contributed by atoms with van der Waals surface area (Å²) in [7, 11) is 1.38. The van der Waals surface area contributed by atoms with E-state index in [1.54, 1.807) is 0 Å². The number of aryl methyl sites for hydroxylation is 2. The number of hydrogen-bond acceptors (Lipinski definition) is 5. The highest BCUT2D eigenvalue weighted by Crippen LogP contribution is 2.38. The van der Waals surface area contributed by atoms with Crippen molar-refractivity contribution < 1.29 is 14.3 Å². The first kappa shape index (κ1) is 19.6. The van der Waals surface area contributed by atoms with Crippen LogP contribution in [0.5, 0.6) is 0 Å². The number of hydrogen-bond donors (Lipinski definition) is 1. The molecular weight excluding hydrogens is 360 g/mol. The normalized spacial score (nSPS) is 13.9. The van der Waals surface area contributed by atoms with E-state index in [2.05, 4.69) is 17.1 Å². The van der Waals surface area contributed by atoms with Gasteiger partial charge in [0.05, 0.1) is 12.7 Å². The minimum Gasteiger partial charge on any atom is -0.465 e. The van der Waals surface area contributed by atoms with E-state index in [9.17, 15) is 9.59 Å². The largest absolute Gasteiger partial charge is 0.465 e. The summed E-state index contributed by atoms with van der Waals surface area (Å²) >= 11 is 1.49. The third-order valence-corrected chi connectivity index (χ3v) is 5.91. The zero-order valence-electron chi connectivity index (χ0n) is 16.3. The van der Waals surface area contributed by atoms with E-state index >= 15 is 0 Å². The molecule has 1 aliphatic rings. The van der Waals surface area contributed by atoms with Gasteiger partial charge in [-0.3, -0.25) is 9.69 Å². The Morgan fingerprint density at radius 3 is 2.56 bits per heavy atom. The number of carbonyl (C=O) groups is 2. The molecule has 0 saturated carbocycles. The fraction of sp³-hybridized carbons (Fsp3) is 0.429. The molecule has 0 aliphatic carbocycles. The number of fused-ring (bicyclic) bond motifs is 1. The van der Waals surface area contributed by atoms with Crippen LogP contribution >= 0.6 is 11.3 Å². The third-order valence-electron chi connectivity index (χ3n) is 4.78. The van der Waals surface area contributed by atoms with Crippen molar-refractivity contribution in [2.75, 3.05) is 25.5 Å². The van der Waals surface area contributed by atoms with Gasteiger partial charge in [0.15, 0.2) is 0 Å². The maximum Gasteiger partial charge on any atom is 0.341 e. The number of anilines is 1. The number of rotatable bonds is 5. The smallest absolute Gasteiger partial charge is 0.341 e. The number of methoxy groups -OCH3 is 1. The van der Waals surface area contributed by atoms with Crippen LogP contribution in [0, 0.1) is 13.8 Å². The number of amides is 1. The molecule has 0 atom stereocenters. The average Bonchev–Trinajstić information content (AvgIpc) is 2.97. The number of nitrogens with zero attached hydrogens (tertiary/aromatic N) is 1. The molecule has 3 rings (SSSR count). The fourth-order valence-electron chi connectivity index (χ4n) is 3.65. The Morgan fingerprint density at radius 2 is 1.93 bits per heavy atom. The van der Waals surface area contributed by atoms with E-state index in [0.717, 1.165) is 54.0 Å². The Balaban J connectivity index is 1.92. The minimum absolute atomic E-state index is 0.198. The van der Waals surface area contributed by atoms with Gasteiger partial charge in [-0.15, -0.1) is 11.3 Å². The van der Waals surface area contributed by atoms with Crippen LogP contribution in [0.1, 0.15) is 55.6 Å². The molecule has 0 unspecified atom stereocenters. The van der Waals surface area contributed by atoms with E-state index in [0.29, 0.717) is 16.1 Å². The van der Waals surface area contributed by atoms with Gasteiger partial charge < -0.3 is 10.1 Å². The van der Waals surface area contributed by atoms with Gasteiger partial charge in [0.2, 0.25) is 0 Å². The predicted molar refractivity (Wildman–Crippen MR) is 109 cm³/mol.